The fraction of sp³-hybridized carbons (Fsp3) is 0.294. The monoisotopic (exact) mass is 365 g/mol. The zero-order valence-electron chi connectivity index (χ0n) is 14.7. The van der Waals surface area contributed by atoms with E-state index in [1.165, 1.54) is 14.2 Å². The Hall–Kier alpha value is -3.36. The Bertz CT molecular complexity index is 811. The molecule has 1 amide bonds. The van der Waals surface area contributed by atoms with Gasteiger partial charge >= 0.3 is 12.1 Å². The van der Waals surface area contributed by atoms with Crippen molar-refractivity contribution in [2.45, 2.75) is 13.8 Å². The van der Waals surface area contributed by atoms with Crippen molar-refractivity contribution in [2.24, 2.45) is 0 Å². The Morgan fingerprint density at radius 3 is 2.50 bits per heavy atom. The van der Waals surface area contributed by atoms with Crippen molar-refractivity contribution in [1.29, 1.82) is 0 Å². The first-order valence-corrected chi connectivity index (χ1v) is 7.62. The van der Waals surface area contributed by atoms with Crippen LogP contribution in [0.2, 0.25) is 0 Å². The van der Waals surface area contributed by atoms with E-state index in [0.29, 0.717) is 11.3 Å². The number of carbonyl (C=O) groups is 2. The van der Waals surface area contributed by atoms with Gasteiger partial charge in [-0.25, -0.2) is 4.79 Å². The number of carbonyl (C=O) groups excluding carboxylic acids is 2. The molecule has 0 atom stereocenters. The van der Waals surface area contributed by atoms with Gasteiger partial charge in [0, 0.05) is 6.92 Å². The van der Waals surface area contributed by atoms with Gasteiger partial charge in [0.2, 0.25) is 11.5 Å². The molecule has 9 heteroatoms. The van der Waals surface area contributed by atoms with Crippen LogP contribution < -0.4 is 19.5 Å². The topological polar surface area (TPSA) is 116 Å². The molecule has 0 spiro atoms. The number of hydrogen-bond acceptors (Lipinski definition) is 8. The molecule has 0 saturated heterocycles. The molecule has 0 bridgehead atoms. The van der Waals surface area contributed by atoms with Crippen LogP contribution in [0.15, 0.2) is 22.6 Å². The number of aromatic hydroxyl groups is 1. The summed E-state index contributed by atoms with van der Waals surface area (Å²) in [5.74, 6) is -1.22. The highest BCUT2D eigenvalue weighted by molar-refractivity contribution is 5.89. The number of amides is 1. The van der Waals surface area contributed by atoms with Crippen LogP contribution in [0.5, 0.6) is 23.0 Å². The molecule has 0 aliphatic heterocycles. The van der Waals surface area contributed by atoms with Gasteiger partial charge in [-0.15, -0.1) is 0 Å². The van der Waals surface area contributed by atoms with Crippen LogP contribution in [-0.2, 0) is 9.53 Å². The number of anilines is 1. The van der Waals surface area contributed by atoms with Crippen LogP contribution in [0.3, 0.4) is 0 Å². The van der Waals surface area contributed by atoms with Gasteiger partial charge in [0.25, 0.3) is 5.88 Å². The molecule has 0 aliphatic rings. The minimum absolute atomic E-state index is 0.0798. The lowest BCUT2D eigenvalue weighted by atomic mass is 10.1. The number of rotatable bonds is 6. The summed E-state index contributed by atoms with van der Waals surface area (Å²) in [6.07, 6.45) is -0.834. The fourth-order valence-corrected chi connectivity index (χ4v) is 2.24. The number of furan rings is 1. The normalized spacial score (nSPS) is 10.2. The molecule has 140 valence electrons. The highest BCUT2D eigenvalue weighted by Gasteiger charge is 2.28. The zero-order chi connectivity index (χ0) is 19.3. The van der Waals surface area contributed by atoms with E-state index in [9.17, 15) is 14.7 Å². The van der Waals surface area contributed by atoms with Gasteiger partial charge in [-0.3, -0.25) is 10.1 Å². The summed E-state index contributed by atoms with van der Waals surface area (Å²) in [6.45, 7) is 2.89. The number of para-hydroxylation sites is 1. The van der Waals surface area contributed by atoms with Crippen molar-refractivity contribution in [3.63, 3.8) is 0 Å². The number of ether oxygens (including phenoxy) is 4. The predicted molar refractivity (Wildman–Crippen MR) is 90.9 cm³/mol. The Morgan fingerprint density at radius 1 is 1.19 bits per heavy atom. The number of benzene rings is 1. The molecule has 2 rings (SSSR count). The third kappa shape index (κ3) is 3.82. The van der Waals surface area contributed by atoms with Crippen LogP contribution in [0.4, 0.5) is 10.7 Å². The van der Waals surface area contributed by atoms with E-state index >= 15 is 0 Å². The second kappa shape index (κ2) is 8.15. The first-order chi connectivity index (χ1) is 12.4. The van der Waals surface area contributed by atoms with Crippen LogP contribution in [0.1, 0.15) is 13.8 Å². The molecule has 0 saturated carbocycles. The van der Waals surface area contributed by atoms with Gasteiger partial charge in [0.1, 0.15) is 0 Å². The zero-order valence-corrected chi connectivity index (χ0v) is 14.7. The maximum absolute atomic E-state index is 11.7. The average Bonchev–Trinajstić information content (AvgIpc) is 2.89. The quantitative estimate of drug-likeness (QED) is 0.750. The maximum Gasteiger partial charge on any atom is 0.414 e. The Labute approximate surface area is 149 Å². The number of nitrogens with one attached hydrogen (secondary N) is 1. The van der Waals surface area contributed by atoms with Gasteiger partial charge in [-0.05, 0) is 19.1 Å². The molecule has 0 fully saturated rings. The summed E-state index contributed by atoms with van der Waals surface area (Å²) in [7, 11) is 2.88. The Morgan fingerprint density at radius 2 is 1.92 bits per heavy atom. The highest BCUT2D eigenvalue weighted by atomic mass is 16.6. The lowest BCUT2D eigenvalue weighted by molar-refractivity contribution is -0.132. The SMILES string of the molecule is CCOC(=O)Nc1oc(-c2cccc(OC)c2OC)c(O)c1OC(C)=O. The summed E-state index contributed by atoms with van der Waals surface area (Å²) < 4.78 is 25.8. The molecule has 2 N–H and O–H groups in total. The molecule has 0 aliphatic carbocycles. The molecule has 1 heterocycles. The minimum Gasteiger partial charge on any atom is -0.502 e. The second-order valence-corrected chi connectivity index (χ2v) is 4.92. The molecule has 9 nitrogen and oxygen atoms in total. The van der Waals surface area contributed by atoms with Crippen LogP contribution in [0, 0.1) is 0 Å². The second-order valence-electron chi connectivity index (χ2n) is 4.92. The van der Waals surface area contributed by atoms with Crippen molar-refractivity contribution in [2.75, 3.05) is 26.1 Å². The first-order valence-electron chi connectivity index (χ1n) is 7.62. The maximum atomic E-state index is 11.7. The first kappa shape index (κ1) is 19.0. The fourth-order valence-electron chi connectivity index (χ4n) is 2.24. The smallest absolute Gasteiger partial charge is 0.414 e. The molecule has 26 heavy (non-hydrogen) atoms. The van der Waals surface area contributed by atoms with Crippen molar-refractivity contribution in [3.05, 3.63) is 18.2 Å². The summed E-state index contributed by atoms with van der Waals surface area (Å²) in [4.78, 5) is 23.0. The summed E-state index contributed by atoms with van der Waals surface area (Å²) >= 11 is 0. The average molecular weight is 365 g/mol. The van der Waals surface area contributed by atoms with Crippen molar-refractivity contribution < 1.29 is 38.1 Å². The molecule has 1 aromatic carbocycles. The summed E-state index contributed by atoms with van der Waals surface area (Å²) in [6, 6.07) is 4.92. The predicted octanol–water partition coefficient (Wildman–Crippen LogP) is 3.16. The van der Waals surface area contributed by atoms with Crippen molar-refractivity contribution in [1.82, 2.24) is 0 Å². The van der Waals surface area contributed by atoms with Crippen LogP contribution in [-0.4, -0.2) is 38.0 Å². The van der Waals surface area contributed by atoms with Crippen molar-refractivity contribution in [3.8, 4) is 34.3 Å². The minimum atomic E-state index is -0.834. The van der Waals surface area contributed by atoms with E-state index in [1.807, 2.05) is 0 Å². The molecule has 0 radical (unpaired) electrons. The lowest BCUT2D eigenvalue weighted by Gasteiger charge is -2.11. The van der Waals surface area contributed by atoms with E-state index in [-0.39, 0.29) is 29.8 Å². The third-order valence-electron chi connectivity index (χ3n) is 3.22. The molecular formula is C17H19NO8. The standard InChI is InChI=1S/C17H19NO8/c1-5-24-17(21)18-16-15(25-9(2)19)12(20)14(26-16)10-7-6-8-11(22-3)13(10)23-4/h6-8,20H,5H2,1-4H3,(H,18,21). The third-order valence-corrected chi connectivity index (χ3v) is 3.22. The van der Waals surface area contributed by atoms with Gasteiger partial charge < -0.3 is 28.5 Å². The van der Waals surface area contributed by atoms with Gasteiger partial charge in [0.15, 0.2) is 17.3 Å². The Kier molecular flexibility index (Phi) is 5.94. The molecular weight excluding hydrogens is 346 g/mol. The van der Waals surface area contributed by atoms with E-state index < -0.39 is 17.8 Å². The highest BCUT2D eigenvalue weighted by Crippen LogP contribution is 2.50. The van der Waals surface area contributed by atoms with E-state index in [4.69, 9.17) is 23.4 Å². The molecule has 1 aromatic heterocycles. The van der Waals surface area contributed by atoms with E-state index in [0.717, 1.165) is 6.92 Å². The van der Waals surface area contributed by atoms with Crippen LogP contribution >= 0.6 is 0 Å². The lowest BCUT2D eigenvalue weighted by Crippen LogP contribution is -2.14. The van der Waals surface area contributed by atoms with E-state index in [1.54, 1.807) is 25.1 Å². The summed E-state index contributed by atoms with van der Waals surface area (Å²) in [5.41, 5.74) is 0.328. The largest absolute Gasteiger partial charge is 0.502 e. The Balaban J connectivity index is 2.58. The van der Waals surface area contributed by atoms with Gasteiger partial charge in [0.05, 0.1) is 26.4 Å². The summed E-state index contributed by atoms with van der Waals surface area (Å²) in [5, 5.41) is 12.8. The number of esters is 1. The molecule has 2 aromatic rings. The van der Waals surface area contributed by atoms with Gasteiger partial charge in [-0.2, -0.15) is 0 Å². The molecule has 0 unspecified atom stereocenters. The van der Waals surface area contributed by atoms with Crippen molar-refractivity contribution >= 4 is 17.9 Å². The van der Waals surface area contributed by atoms with Crippen LogP contribution in [0.25, 0.3) is 11.3 Å². The number of methoxy groups -OCH3 is 2. The number of hydrogen-bond donors (Lipinski definition) is 2. The van der Waals surface area contributed by atoms with Gasteiger partial charge in [-0.1, -0.05) is 6.07 Å². The van der Waals surface area contributed by atoms with E-state index in [2.05, 4.69) is 5.32 Å².